The largest absolute Gasteiger partial charge is 0.398 e. The number of halogens is 2. The number of hydrogen-bond acceptors (Lipinski definition) is 4. The molecule has 0 saturated heterocycles. The Balaban J connectivity index is 3.06. The predicted octanol–water partition coefficient (Wildman–Crippen LogP) is 2.82. The second-order valence-corrected chi connectivity index (χ2v) is 8.45. The van der Waals surface area contributed by atoms with Crippen molar-refractivity contribution in [3.8, 4) is 0 Å². The first-order valence-electron chi connectivity index (χ1n) is 5.05. The molecule has 1 atom stereocenters. The molecule has 0 amide bonds. The summed E-state index contributed by atoms with van der Waals surface area (Å²) in [6.45, 7) is 2.32. The number of sulfonamides is 1. The molecule has 0 bridgehead atoms. The van der Waals surface area contributed by atoms with Crippen molar-refractivity contribution in [1.82, 2.24) is 4.72 Å². The van der Waals surface area contributed by atoms with Gasteiger partial charge >= 0.3 is 0 Å². The molecule has 1 aromatic carbocycles. The van der Waals surface area contributed by atoms with E-state index in [0.29, 0.717) is 11.0 Å². The van der Waals surface area contributed by atoms with Gasteiger partial charge in [0.2, 0.25) is 10.0 Å². The molecule has 0 aliphatic heterocycles. The Bertz CT molecular complexity index is 512. The van der Waals surface area contributed by atoms with Crippen molar-refractivity contribution in [2.45, 2.75) is 17.1 Å². The van der Waals surface area contributed by atoms with Crippen LogP contribution in [0.15, 0.2) is 26.0 Å². The summed E-state index contributed by atoms with van der Waals surface area (Å²) in [5.74, 6) is 0. The zero-order chi connectivity index (χ0) is 13.9. The maximum Gasteiger partial charge on any atom is 0.243 e. The van der Waals surface area contributed by atoms with Gasteiger partial charge in [0.15, 0.2) is 0 Å². The zero-order valence-corrected chi connectivity index (χ0v) is 14.7. The van der Waals surface area contributed by atoms with Gasteiger partial charge in [-0.05, 0) is 34.3 Å². The van der Waals surface area contributed by atoms with E-state index < -0.39 is 10.0 Å². The third kappa shape index (κ3) is 4.12. The van der Waals surface area contributed by atoms with Gasteiger partial charge in [-0.3, -0.25) is 0 Å². The Morgan fingerprint density at radius 3 is 2.56 bits per heavy atom. The maximum absolute atomic E-state index is 12.2. The first-order chi connectivity index (χ1) is 8.27. The van der Waals surface area contributed by atoms with E-state index in [1.54, 1.807) is 23.9 Å². The maximum atomic E-state index is 12.2. The number of thioether (sulfide) groups is 1. The normalized spacial score (nSPS) is 13.6. The monoisotopic (exact) mass is 416 g/mol. The molecule has 0 saturated carbocycles. The summed E-state index contributed by atoms with van der Waals surface area (Å²) in [6, 6.07) is 3.22. The highest BCUT2D eigenvalue weighted by atomic mass is 79.9. The zero-order valence-electron chi connectivity index (χ0n) is 9.91. The molecule has 0 radical (unpaired) electrons. The van der Waals surface area contributed by atoms with Crippen LogP contribution in [0, 0.1) is 0 Å². The lowest BCUT2D eigenvalue weighted by atomic mass is 10.3. The van der Waals surface area contributed by atoms with Gasteiger partial charge in [0.1, 0.15) is 4.90 Å². The van der Waals surface area contributed by atoms with Crippen LogP contribution in [-0.4, -0.2) is 26.5 Å². The number of nitrogens with two attached hydrogens (primary N) is 1. The Hall–Kier alpha value is 0.240. The molecular formula is C10H14Br2N2O2S2. The average molecular weight is 418 g/mol. The molecule has 0 aromatic heterocycles. The van der Waals surface area contributed by atoms with E-state index in [1.807, 2.05) is 13.2 Å². The average Bonchev–Trinajstić information content (AvgIpc) is 2.24. The molecule has 102 valence electrons. The summed E-state index contributed by atoms with van der Waals surface area (Å²) < 4.78 is 28.0. The molecule has 1 unspecified atom stereocenters. The fourth-order valence-corrected chi connectivity index (χ4v) is 4.80. The Labute approximate surface area is 128 Å². The topological polar surface area (TPSA) is 72.2 Å². The van der Waals surface area contributed by atoms with Crippen molar-refractivity contribution in [3.05, 3.63) is 21.1 Å². The fraction of sp³-hybridized carbons (Fsp3) is 0.400. The van der Waals surface area contributed by atoms with E-state index in [4.69, 9.17) is 5.73 Å². The fourth-order valence-electron chi connectivity index (χ4n) is 1.25. The van der Waals surface area contributed by atoms with Crippen LogP contribution in [0.5, 0.6) is 0 Å². The van der Waals surface area contributed by atoms with Gasteiger partial charge in [0, 0.05) is 20.7 Å². The molecule has 0 fully saturated rings. The lowest BCUT2D eigenvalue weighted by molar-refractivity contribution is 0.581. The molecule has 8 heteroatoms. The predicted molar refractivity (Wildman–Crippen MR) is 84.4 cm³/mol. The van der Waals surface area contributed by atoms with Crippen LogP contribution in [-0.2, 0) is 10.0 Å². The number of nitrogen functional groups attached to an aromatic ring is 1. The van der Waals surface area contributed by atoms with Crippen molar-refractivity contribution in [2.24, 2.45) is 0 Å². The molecule has 0 aliphatic carbocycles. The van der Waals surface area contributed by atoms with Gasteiger partial charge in [-0.25, -0.2) is 13.1 Å². The minimum Gasteiger partial charge on any atom is -0.398 e. The molecule has 18 heavy (non-hydrogen) atoms. The van der Waals surface area contributed by atoms with Crippen LogP contribution in [0.25, 0.3) is 0 Å². The van der Waals surface area contributed by atoms with Crippen molar-refractivity contribution in [2.75, 3.05) is 18.5 Å². The standard InChI is InChI=1S/C10H14Br2N2O2S2/c1-6(17-2)5-14-18(15,16)10-8(12)3-7(11)4-9(10)13/h3-4,6,14H,5,13H2,1-2H3. The molecule has 0 spiro atoms. The van der Waals surface area contributed by atoms with Crippen LogP contribution < -0.4 is 10.5 Å². The van der Waals surface area contributed by atoms with E-state index in [-0.39, 0.29) is 15.8 Å². The quantitative estimate of drug-likeness (QED) is 0.722. The second-order valence-electron chi connectivity index (χ2n) is 3.70. The van der Waals surface area contributed by atoms with Crippen LogP contribution in [0.1, 0.15) is 6.92 Å². The van der Waals surface area contributed by atoms with Crippen molar-refractivity contribution in [3.63, 3.8) is 0 Å². The summed E-state index contributed by atoms with van der Waals surface area (Å²) >= 11 is 8.08. The van der Waals surface area contributed by atoms with Crippen molar-refractivity contribution in [1.29, 1.82) is 0 Å². The first-order valence-corrected chi connectivity index (χ1v) is 9.40. The molecule has 1 aromatic rings. The van der Waals surface area contributed by atoms with Gasteiger partial charge in [0.25, 0.3) is 0 Å². The minimum atomic E-state index is -3.60. The molecule has 3 N–H and O–H groups in total. The summed E-state index contributed by atoms with van der Waals surface area (Å²) in [5, 5.41) is 0.204. The Morgan fingerprint density at radius 2 is 2.06 bits per heavy atom. The van der Waals surface area contributed by atoms with E-state index in [2.05, 4.69) is 36.6 Å². The number of benzene rings is 1. The highest BCUT2D eigenvalue weighted by molar-refractivity contribution is 9.11. The number of hydrogen-bond donors (Lipinski definition) is 2. The molecule has 4 nitrogen and oxygen atoms in total. The van der Waals surface area contributed by atoms with Crippen LogP contribution in [0.2, 0.25) is 0 Å². The van der Waals surface area contributed by atoms with E-state index >= 15 is 0 Å². The molecule has 0 aliphatic rings. The summed E-state index contributed by atoms with van der Waals surface area (Å²) in [5.41, 5.74) is 5.97. The van der Waals surface area contributed by atoms with Crippen molar-refractivity contribution < 1.29 is 8.42 Å². The Morgan fingerprint density at radius 1 is 1.44 bits per heavy atom. The van der Waals surface area contributed by atoms with E-state index in [9.17, 15) is 8.42 Å². The lowest BCUT2D eigenvalue weighted by Crippen LogP contribution is -2.30. The first kappa shape index (κ1) is 16.3. The van der Waals surface area contributed by atoms with Crippen LogP contribution >= 0.6 is 43.6 Å². The highest BCUT2D eigenvalue weighted by Crippen LogP contribution is 2.31. The van der Waals surface area contributed by atoms with Gasteiger partial charge in [0.05, 0.1) is 5.69 Å². The highest BCUT2D eigenvalue weighted by Gasteiger charge is 2.21. The summed E-state index contributed by atoms with van der Waals surface area (Å²) in [7, 11) is -3.60. The van der Waals surface area contributed by atoms with E-state index in [0.717, 1.165) is 4.47 Å². The third-order valence-corrected chi connectivity index (χ3v) is 6.13. The van der Waals surface area contributed by atoms with Gasteiger partial charge < -0.3 is 5.73 Å². The lowest BCUT2D eigenvalue weighted by Gasteiger charge is -2.13. The number of anilines is 1. The van der Waals surface area contributed by atoms with Gasteiger partial charge in [-0.15, -0.1) is 0 Å². The van der Waals surface area contributed by atoms with Crippen LogP contribution in [0.3, 0.4) is 0 Å². The minimum absolute atomic E-state index is 0.0824. The molecule has 0 heterocycles. The summed E-state index contributed by atoms with van der Waals surface area (Å²) in [6.07, 6.45) is 1.93. The van der Waals surface area contributed by atoms with Crippen molar-refractivity contribution >= 4 is 59.3 Å². The van der Waals surface area contributed by atoms with Gasteiger partial charge in [-0.2, -0.15) is 11.8 Å². The second kappa shape index (κ2) is 6.60. The summed E-state index contributed by atoms with van der Waals surface area (Å²) in [4.78, 5) is 0.0824. The van der Waals surface area contributed by atoms with Gasteiger partial charge in [-0.1, -0.05) is 22.9 Å². The number of rotatable bonds is 5. The number of nitrogens with one attached hydrogen (secondary N) is 1. The molecular weight excluding hydrogens is 404 g/mol. The van der Waals surface area contributed by atoms with E-state index in [1.165, 1.54) is 0 Å². The SMILES string of the molecule is CSC(C)CNS(=O)(=O)c1c(N)cc(Br)cc1Br. The smallest absolute Gasteiger partial charge is 0.243 e. The third-order valence-electron chi connectivity index (χ3n) is 2.27. The van der Waals surface area contributed by atoms with Crippen LogP contribution in [0.4, 0.5) is 5.69 Å². The Kier molecular flexibility index (Phi) is 5.98. The molecule has 1 rings (SSSR count).